The summed E-state index contributed by atoms with van der Waals surface area (Å²) in [6.07, 6.45) is 6.35. The molecule has 19 heavy (non-hydrogen) atoms. The molecule has 5 nitrogen and oxygen atoms in total. The van der Waals surface area contributed by atoms with Crippen LogP contribution < -0.4 is 0 Å². The third kappa shape index (κ3) is 2.41. The van der Waals surface area contributed by atoms with Gasteiger partial charge in [-0.2, -0.15) is 4.98 Å². The van der Waals surface area contributed by atoms with Gasteiger partial charge in [0.1, 0.15) is 5.78 Å². The summed E-state index contributed by atoms with van der Waals surface area (Å²) in [5.74, 6) is 1.78. The zero-order chi connectivity index (χ0) is 13.2. The molecule has 2 aromatic heterocycles. The summed E-state index contributed by atoms with van der Waals surface area (Å²) < 4.78 is 5.35. The molecule has 3 rings (SSSR count). The van der Waals surface area contributed by atoms with Gasteiger partial charge in [-0.25, -0.2) is 0 Å². The van der Waals surface area contributed by atoms with Crippen molar-refractivity contribution < 1.29 is 9.32 Å². The van der Waals surface area contributed by atoms with Gasteiger partial charge in [0.25, 0.3) is 0 Å². The van der Waals surface area contributed by atoms with Gasteiger partial charge in [-0.15, -0.1) is 0 Å². The molecule has 0 spiro atoms. The lowest BCUT2D eigenvalue weighted by atomic mass is 9.88. The summed E-state index contributed by atoms with van der Waals surface area (Å²) in [7, 11) is 0. The van der Waals surface area contributed by atoms with Gasteiger partial charge in [-0.3, -0.25) is 9.78 Å². The van der Waals surface area contributed by atoms with Crippen molar-refractivity contribution in [2.24, 2.45) is 0 Å². The maximum Gasteiger partial charge on any atom is 0.230 e. The highest BCUT2D eigenvalue weighted by molar-refractivity contribution is 5.79. The molecule has 1 saturated carbocycles. The molecule has 2 heterocycles. The van der Waals surface area contributed by atoms with Gasteiger partial charge in [0.2, 0.25) is 11.7 Å². The standard InChI is InChI=1S/C14H15N3O2/c1-9-6-7-15-8-12(9)13-16-14(19-17-13)10-2-4-11(18)5-3-10/h6-8,10H,2-5H2,1H3. The van der Waals surface area contributed by atoms with Crippen LogP contribution in [0.2, 0.25) is 0 Å². The van der Waals surface area contributed by atoms with Crippen molar-refractivity contribution in [3.63, 3.8) is 0 Å². The minimum atomic E-state index is 0.218. The highest BCUT2D eigenvalue weighted by atomic mass is 16.5. The number of hydrogen-bond acceptors (Lipinski definition) is 5. The van der Waals surface area contributed by atoms with Crippen LogP contribution in [0.25, 0.3) is 11.4 Å². The van der Waals surface area contributed by atoms with E-state index in [4.69, 9.17) is 4.52 Å². The first kappa shape index (κ1) is 12.0. The predicted molar refractivity (Wildman–Crippen MR) is 68.5 cm³/mol. The monoisotopic (exact) mass is 257 g/mol. The van der Waals surface area contributed by atoms with E-state index in [1.165, 1.54) is 0 Å². The lowest BCUT2D eigenvalue weighted by molar-refractivity contribution is -0.120. The van der Waals surface area contributed by atoms with E-state index in [-0.39, 0.29) is 5.92 Å². The zero-order valence-corrected chi connectivity index (χ0v) is 10.8. The molecule has 1 aliphatic carbocycles. The fourth-order valence-corrected chi connectivity index (χ4v) is 2.40. The second kappa shape index (κ2) is 4.91. The molecular formula is C14H15N3O2. The van der Waals surface area contributed by atoms with Crippen molar-refractivity contribution >= 4 is 5.78 Å². The number of Topliss-reactive ketones (excluding diaryl/α,β-unsaturated/α-hetero) is 1. The van der Waals surface area contributed by atoms with Gasteiger partial charge >= 0.3 is 0 Å². The van der Waals surface area contributed by atoms with Gasteiger partial charge in [-0.1, -0.05) is 5.16 Å². The van der Waals surface area contributed by atoms with Crippen LogP contribution in [0.15, 0.2) is 23.0 Å². The van der Waals surface area contributed by atoms with Crippen LogP contribution in [0, 0.1) is 6.92 Å². The van der Waals surface area contributed by atoms with Crippen LogP contribution in [0.5, 0.6) is 0 Å². The van der Waals surface area contributed by atoms with Crippen molar-refractivity contribution in [2.45, 2.75) is 38.5 Å². The van der Waals surface area contributed by atoms with Crippen molar-refractivity contribution in [1.29, 1.82) is 0 Å². The average molecular weight is 257 g/mol. The van der Waals surface area contributed by atoms with E-state index in [2.05, 4.69) is 15.1 Å². The summed E-state index contributed by atoms with van der Waals surface area (Å²) in [6.45, 7) is 1.99. The van der Waals surface area contributed by atoms with Crippen molar-refractivity contribution in [3.8, 4) is 11.4 Å². The van der Waals surface area contributed by atoms with Crippen LogP contribution >= 0.6 is 0 Å². The van der Waals surface area contributed by atoms with E-state index >= 15 is 0 Å². The number of aryl methyl sites for hydroxylation is 1. The van der Waals surface area contributed by atoms with Crippen molar-refractivity contribution in [2.75, 3.05) is 0 Å². The quantitative estimate of drug-likeness (QED) is 0.827. The first-order chi connectivity index (χ1) is 9.24. The fraction of sp³-hybridized carbons (Fsp3) is 0.429. The highest BCUT2D eigenvalue weighted by Gasteiger charge is 2.25. The molecule has 0 amide bonds. The molecule has 5 heteroatoms. The molecule has 0 aliphatic heterocycles. The first-order valence-corrected chi connectivity index (χ1v) is 6.50. The Balaban J connectivity index is 1.84. The highest BCUT2D eigenvalue weighted by Crippen LogP contribution is 2.31. The number of pyridine rings is 1. The average Bonchev–Trinajstić information content (AvgIpc) is 2.89. The Morgan fingerprint density at radius 3 is 2.84 bits per heavy atom. The predicted octanol–water partition coefficient (Wildman–Crippen LogP) is 2.67. The first-order valence-electron chi connectivity index (χ1n) is 6.50. The largest absolute Gasteiger partial charge is 0.339 e. The maximum absolute atomic E-state index is 11.2. The van der Waals surface area contributed by atoms with Crippen molar-refractivity contribution in [3.05, 3.63) is 29.9 Å². The Morgan fingerprint density at radius 1 is 1.32 bits per heavy atom. The number of rotatable bonds is 2. The molecule has 0 atom stereocenters. The molecule has 0 bridgehead atoms. The van der Waals surface area contributed by atoms with E-state index in [9.17, 15) is 4.79 Å². The second-order valence-electron chi connectivity index (χ2n) is 4.96. The Morgan fingerprint density at radius 2 is 2.11 bits per heavy atom. The number of ketones is 1. The maximum atomic E-state index is 11.2. The van der Waals surface area contributed by atoms with Gasteiger partial charge in [0.05, 0.1) is 0 Å². The molecule has 98 valence electrons. The lowest BCUT2D eigenvalue weighted by Gasteiger charge is -2.16. The summed E-state index contributed by atoms with van der Waals surface area (Å²) in [4.78, 5) is 19.8. The number of carbonyl (C=O) groups excluding carboxylic acids is 1. The molecule has 0 unspecified atom stereocenters. The molecule has 0 saturated heterocycles. The van der Waals surface area contributed by atoms with Crippen molar-refractivity contribution in [1.82, 2.24) is 15.1 Å². The Hall–Kier alpha value is -2.04. The van der Waals surface area contributed by atoms with Crippen LogP contribution in [-0.2, 0) is 4.79 Å². The van der Waals surface area contributed by atoms with Crippen LogP contribution in [0.4, 0.5) is 0 Å². The Labute approximate surface area is 111 Å². The fourth-order valence-electron chi connectivity index (χ4n) is 2.40. The topological polar surface area (TPSA) is 68.9 Å². The third-order valence-electron chi connectivity index (χ3n) is 3.61. The lowest BCUT2D eigenvalue weighted by Crippen LogP contribution is -2.12. The molecule has 0 aromatic carbocycles. The number of nitrogens with zero attached hydrogens (tertiary/aromatic N) is 3. The molecule has 1 fully saturated rings. The smallest absolute Gasteiger partial charge is 0.230 e. The SMILES string of the molecule is Cc1ccncc1-c1noc(C2CCC(=O)CC2)n1. The summed E-state index contributed by atoms with van der Waals surface area (Å²) in [5.41, 5.74) is 1.96. The van der Waals surface area contributed by atoms with Crippen LogP contribution in [-0.4, -0.2) is 20.9 Å². The third-order valence-corrected chi connectivity index (χ3v) is 3.61. The number of hydrogen-bond donors (Lipinski definition) is 0. The second-order valence-corrected chi connectivity index (χ2v) is 4.96. The number of aromatic nitrogens is 3. The normalized spacial score (nSPS) is 16.8. The van der Waals surface area contributed by atoms with Crippen LogP contribution in [0.1, 0.15) is 43.1 Å². The zero-order valence-electron chi connectivity index (χ0n) is 10.8. The Bertz CT molecular complexity index is 596. The van der Waals surface area contributed by atoms with E-state index in [1.807, 2.05) is 13.0 Å². The molecule has 0 radical (unpaired) electrons. The van der Waals surface area contributed by atoms with Gasteiger partial charge in [0, 0.05) is 36.7 Å². The Kier molecular flexibility index (Phi) is 3.11. The molecule has 0 N–H and O–H groups in total. The van der Waals surface area contributed by atoms with Gasteiger partial charge < -0.3 is 4.52 Å². The van der Waals surface area contributed by atoms with Gasteiger partial charge in [0.15, 0.2) is 0 Å². The minimum absolute atomic E-state index is 0.218. The van der Waals surface area contributed by atoms with Gasteiger partial charge in [-0.05, 0) is 31.4 Å². The van der Waals surface area contributed by atoms with E-state index in [0.717, 1.165) is 24.0 Å². The van der Waals surface area contributed by atoms with Crippen LogP contribution in [0.3, 0.4) is 0 Å². The molecular weight excluding hydrogens is 242 g/mol. The molecule has 2 aromatic rings. The van der Waals surface area contributed by atoms with E-state index < -0.39 is 0 Å². The summed E-state index contributed by atoms with van der Waals surface area (Å²) >= 11 is 0. The summed E-state index contributed by atoms with van der Waals surface area (Å²) in [6, 6.07) is 1.92. The summed E-state index contributed by atoms with van der Waals surface area (Å²) in [5, 5.41) is 4.03. The molecule has 1 aliphatic rings. The van der Waals surface area contributed by atoms with E-state index in [0.29, 0.717) is 30.3 Å². The number of carbonyl (C=O) groups is 1. The minimum Gasteiger partial charge on any atom is -0.339 e. The van der Waals surface area contributed by atoms with E-state index in [1.54, 1.807) is 12.4 Å².